The van der Waals surface area contributed by atoms with E-state index in [0.29, 0.717) is 5.56 Å². The molecular formula is C9H11ClFNO2. The number of hydrogen-bond donors (Lipinski definition) is 2. The van der Waals surface area contributed by atoms with Crippen LogP contribution in [0.15, 0.2) is 24.3 Å². The number of carboxylic acids is 1. The molecule has 1 atom stereocenters. The molecule has 0 saturated carbocycles. The number of hydrogen-bond acceptors (Lipinski definition) is 2. The maximum absolute atomic E-state index is 12.6. The molecule has 0 spiro atoms. The van der Waals surface area contributed by atoms with Gasteiger partial charge in [0.05, 0.1) is 0 Å². The molecule has 14 heavy (non-hydrogen) atoms. The maximum atomic E-state index is 12.6. The molecule has 1 aromatic rings. The normalized spacial score (nSPS) is 11.6. The van der Waals surface area contributed by atoms with Gasteiger partial charge in [0.1, 0.15) is 11.9 Å². The average molecular weight is 220 g/mol. The van der Waals surface area contributed by atoms with Crippen LogP contribution in [0, 0.1) is 5.82 Å². The summed E-state index contributed by atoms with van der Waals surface area (Å²) in [4.78, 5) is 10.4. The van der Waals surface area contributed by atoms with Crippen LogP contribution in [0.25, 0.3) is 0 Å². The molecule has 1 aromatic carbocycles. The van der Waals surface area contributed by atoms with Crippen LogP contribution in [0.4, 0.5) is 4.39 Å². The van der Waals surface area contributed by atoms with Crippen LogP contribution in [0.3, 0.4) is 0 Å². The Morgan fingerprint density at radius 3 is 2.71 bits per heavy atom. The minimum atomic E-state index is -1.08. The van der Waals surface area contributed by atoms with Gasteiger partial charge in [0.2, 0.25) is 0 Å². The van der Waals surface area contributed by atoms with Gasteiger partial charge < -0.3 is 10.8 Å². The Labute approximate surface area is 87.1 Å². The van der Waals surface area contributed by atoms with E-state index in [9.17, 15) is 9.18 Å². The van der Waals surface area contributed by atoms with Gasteiger partial charge in [-0.25, -0.2) is 4.39 Å². The molecule has 0 radical (unpaired) electrons. The number of carboxylic acid groups (broad SMARTS) is 1. The average Bonchev–Trinajstić information content (AvgIpc) is 2.04. The van der Waals surface area contributed by atoms with Crippen molar-refractivity contribution in [3.05, 3.63) is 35.6 Å². The van der Waals surface area contributed by atoms with Crippen LogP contribution in [-0.2, 0) is 11.2 Å². The highest BCUT2D eigenvalue weighted by Crippen LogP contribution is 2.05. The molecular weight excluding hydrogens is 209 g/mol. The molecule has 0 amide bonds. The predicted molar refractivity (Wildman–Crippen MR) is 53.0 cm³/mol. The lowest BCUT2D eigenvalue weighted by molar-refractivity contribution is -0.138. The van der Waals surface area contributed by atoms with Crippen molar-refractivity contribution in [1.29, 1.82) is 0 Å². The highest BCUT2D eigenvalue weighted by atomic mass is 35.5. The number of nitrogens with two attached hydrogens (primary N) is 1. The first-order valence-corrected chi connectivity index (χ1v) is 3.82. The smallest absolute Gasteiger partial charge is 0.320 e. The summed E-state index contributed by atoms with van der Waals surface area (Å²) >= 11 is 0. The van der Waals surface area contributed by atoms with Crippen LogP contribution < -0.4 is 5.73 Å². The van der Waals surface area contributed by atoms with E-state index in [0.717, 1.165) is 0 Å². The first kappa shape index (κ1) is 12.9. The lowest BCUT2D eigenvalue weighted by atomic mass is 10.1. The summed E-state index contributed by atoms with van der Waals surface area (Å²) in [7, 11) is 0. The maximum Gasteiger partial charge on any atom is 0.320 e. The molecule has 3 N–H and O–H groups in total. The first-order chi connectivity index (χ1) is 6.09. The van der Waals surface area contributed by atoms with Crippen molar-refractivity contribution in [3.8, 4) is 0 Å². The molecule has 0 fully saturated rings. The Balaban J connectivity index is 0.00000169. The van der Waals surface area contributed by atoms with Crippen LogP contribution in [0.2, 0.25) is 0 Å². The van der Waals surface area contributed by atoms with Crippen LogP contribution in [0.5, 0.6) is 0 Å². The van der Waals surface area contributed by atoms with Crippen LogP contribution in [-0.4, -0.2) is 17.1 Å². The zero-order valence-corrected chi connectivity index (χ0v) is 8.13. The molecule has 1 rings (SSSR count). The molecule has 5 heteroatoms. The number of rotatable bonds is 3. The summed E-state index contributed by atoms with van der Waals surface area (Å²) in [6.45, 7) is 0. The van der Waals surface area contributed by atoms with Crippen molar-refractivity contribution in [3.63, 3.8) is 0 Å². The molecule has 0 aliphatic heterocycles. The minimum absolute atomic E-state index is 0. The summed E-state index contributed by atoms with van der Waals surface area (Å²) in [6.07, 6.45) is 0.146. The third-order valence-electron chi connectivity index (χ3n) is 1.66. The standard InChI is InChI=1S/C9H10FNO2.ClH/c10-7-3-1-2-6(4-7)5-8(11)9(12)13;/h1-4,8H,5,11H2,(H,12,13);1H/t8-;/m0./s1. The van der Waals surface area contributed by atoms with Crippen molar-refractivity contribution in [1.82, 2.24) is 0 Å². The molecule has 0 unspecified atom stereocenters. The second-order valence-corrected chi connectivity index (χ2v) is 2.78. The molecule has 0 aliphatic carbocycles. The predicted octanol–water partition coefficient (Wildman–Crippen LogP) is 1.20. The van der Waals surface area contributed by atoms with E-state index in [1.807, 2.05) is 0 Å². The van der Waals surface area contributed by atoms with E-state index in [4.69, 9.17) is 10.8 Å². The molecule has 78 valence electrons. The molecule has 0 heterocycles. The highest BCUT2D eigenvalue weighted by molar-refractivity contribution is 5.85. The Morgan fingerprint density at radius 2 is 2.21 bits per heavy atom. The summed E-state index contributed by atoms with van der Waals surface area (Å²) < 4.78 is 12.6. The second-order valence-electron chi connectivity index (χ2n) is 2.78. The Kier molecular flexibility index (Phi) is 5.12. The zero-order chi connectivity index (χ0) is 9.84. The van der Waals surface area contributed by atoms with E-state index in [1.165, 1.54) is 18.2 Å². The van der Waals surface area contributed by atoms with Gasteiger partial charge in [-0.3, -0.25) is 4.79 Å². The van der Waals surface area contributed by atoms with Gasteiger partial charge in [-0.15, -0.1) is 12.4 Å². The van der Waals surface area contributed by atoms with Gasteiger partial charge in [0.25, 0.3) is 0 Å². The molecule has 0 aromatic heterocycles. The van der Waals surface area contributed by atoms with E-state index >= 15 is 0 Å². The second kappa shape index (κ2) is 5.57. The zero-order valence-electron chi connectivity index (χ0n) is 7.31. The summed E-state index contributed by atoms with van der Waals surface area (Å²) in [6, 6.07) is 4.78. The SMILES string of the molecule is Cl.N[C@@H](Cc1cccc(F)c1)C(=O)O. The van der Waals surface area contributed by atoms with Crippen LogP contribution >= 0.6 is 12.4 Å². The van der Waals surface area contributed by atoms with Gasteiger partial charge in [-0.1, -0.05) is 12.1 Å². The Bertz CT molecular complexity index is 319. The fourth-order valence-corrected chi connectivity index (χ4v) is 1.01. The molecule has 0 aliphatic rings. The lowest BCUT2D eigenvalue weighted by Crippen LogP contribution is -2.32. The van der Waals surface area contributed by atoms with E-state index < -0.39 is 12.0 Å². The van der Waals surface area contributed by atoms with Gasteiger partial charge in [0.15, 0.2) is 0 Å². The molecule has 0 bridgehead atoms. The van der Waals surface area contributed by atoms with Gasteiger partial charge in [-0.05, 0) is 24.1 Å². The van der Waals surface area contributed by atoms with E-state index in [-0.39, 0.29) is 24.6 Å². The van der Waals surface area contributed by atoms with Crippen molar-refractivity contribution in [2.75, 3.05) is 0 Å². The molecule has 3 nitrogen and oxygen atoms in total. The van der Waals surface area contributed by atoms with Crippen molar-refractivity contribution >= 4 is 18.4 Å². The number of halogens is 2. The summed E-state index contributed by atoms with van der Waals surface area (Å²) in [5.74, 6) is -1.46. The fraction of sp³-hybridized carbons (Fsp3) is 0.222. The van der Waals surface area contributed by atoms with Crippen molar-refractivity contribution in [2.24, 2.45) is 5.73 Å². The first-order valence-electron chi connectivity index (χ1n) is 3.82. The Morgan fingerprint density at radius 1 is 1.57 bits per heavy atom. The lowest BCUT2D eigenvalue weighted by Gasteiger charge is -2.05. The van der Waals surface area contributed by atoms with E-state index in [1.54, 1.807) is 6.07 Å². The summed E-state index contributed by atoms with van der Waals surface area (Å²) in [5, 5.41) is 8.49. The Hall–Kier alpha value is -1.13. The monoisotopic (exact) mass is 219 g/mol. The van der Waals surface area contributed by atoms with E-state index in [2.05, 4.69) is 0 Å². The largest absolute Gasteiger partial charge is 0.480 e. The van der Waals surface area contributed by atoms with Crippen LogP contribution in [0.1, 0.15) is 5.56 Å². The quantitative estimate of drug-likeness (QED) is 0.803. The minimum Gasteiger partial charge on any atom is -0.480 e. The summed E-state index contributed by atoms with van der Waals surface area (Å²) in [5.41, 5.74) is 5.87. The molecule has 0 saturated heterocycles. The number of benzene rings is 1. The number of aliphatic carboxylic acids is 1. The topological polar surface area (TPSA) is 63.3 Å². The van der Waals surface area contributed by atoms with Crippen molar-refractivity contribution < 1.29 is 14.3 Å². The third kappa shape index (κ3) is 3.72. The third-order valence-corrected chi connectivity index (χ3v) is 1.66. The fourth-order valence-electron chi connectivity index (χ4n) is 1.01. The highest BCUT2D eigenvalue weighted by Gasteiger charge is 2.11. The number of carbonyl (C=O) groups is 1. The van der Waals surface area contributed by atoms with Gasteiger partial charge >= 0.3 is 5.97 Å². The van der Waals surface area contributed by atoms with Crippen molar-refractivity contribution in [2.45, 2.75) is 12.5 Å². The van der Waals surface area contributed by atoms with Gasteiger partial charge in [0, 0.05) is 0 Å². The van der Waals surface area contributed by atoms with Gasteiger partial charge in [-0.2, -0.15) is 0 Å².